The zero-order valence-electron chi connectivity index (χ0n) is 18.6. The number of nitrogens with zero attached hydrogens (tertiary/aromatic N) is 4. The first-order valence-electron chi connectivity index (χ1n) is 10.8. The number of aromatic nitrogens is 3. The quantitative estimate of drug-likeness (QED) is 0.496. The Morgan fingerprint density at radius 3 is 2.70 bits per heavy atom. The Morgan fingerprint density at radius 1 is 1.30 bits per heavy atom. The van der Waals surface area contributed by atoms with Crippen LogP contribution in [0.3, 0.4) is 0 Å². The molecule has 0 saturated carbocycles. The highest BCUT2D eigenvalue weighted by atomic mass is 31.2. The van der Waals surface area contributed by atoms with Gasteiger partial charge in [0.1, 0.15) is 17.0 Å². The lowest BCUT2D eigenvalue weighted by Gasteiger charge is -2.33. The van der Waals surface area contributed by atoms with Crippen LogP contribution in [0, 0.1) is 12.8 Å². The minimum absolute atomic E-state index is 0.0799. The van der Waals surface area contributed by atoms with E-state index >= 15 is 0 Å². The molecule has 33 heavy (non-hydrogen) atoms. The van der Waals surface area contributed by atoms with E-state index in [1.165, 1.54) is 13.3 Å². The number of hydrogen-bond donors (Lipinski definition) is 2. The zero-order chi connectivity index (χ0) is 23.5. The lowest BCUT2D eigenvalue weighted by atomic mass is 9.94. The lowest BCUT2D eigenvalue weighted by Crippen LogP contribution is -2.35. The molecule has 1 saturated heterocycles. The molecular formula is C22H27N4O6P. The molecule has 0 amide bonds. The fourth-order valence-corrected chi connectivity index (χ4v) is 4.76. The SMILES string of the molecule is COc1nc(N2CCC(CCP(O)O)CC2)cc2cnn(C(=O)Cc3cc(C)co3)c(=O)c12. The number of aryl methyl sites for hydroxylation is 1. The summed E-state index contributed by atoms with van der Waals surface area (Å²) in [5.74, 6) is 1.24. The van der Waals surface area contributed by atoms with Gasteiger partial charge in [0.05, 0.1) is 26.0 Å². The lowest BCUT2D eigenvalue weighted by molar-refractivity contribution is 0.0886. The molecule has 0 aromatic carbocycles. The van der Waals surface area contributed by atoms with Crippen molar-refractivity contribution in [3.05, 3.63) is 46.3 Å². The zero-order valence-corrected chi connectivity index (χ0v) is 19.5. The molecule has 1 aliphatic heterocycles. The van der Waals surface area contributed by atoms with E-state index in [1.807, 2.05) is 6.92 Å². The summed E-state index contributed by atoms with van der Waals surface area (Å²) in [6.07, 6.45) is 6.04. The maximum Gasteiger partial charge on any atom is 0.287 e. The molecule has 0 unspecified atom stereocenters. The number of furan rings is 1. The number of hydrogen-bond acceptors (Lipinski definition) is 9. The van der Waals surface area contributed by atoms with Gasteiger partial charge in [0.25, 0.3) is 11.5 Å². The smallest absolute Gasteiger partial charge is 0.287 e. The van der Waals surface area contributed by atoms with Gasteiger partial charge >= 0.3 is 0 Å². The molecule has 2 N–H and O–H groups in total. The van der Waals surface area contributed by atoms with Crippen LogP contribution in [0.2, 0.25) is 0 Å². The molecule has 3 aromatic rings. The van der Waals surface area contributed by atoms with E-state index in [4.69, 9.17) is 18.9 Å². The number of ether oxygens (including phenoxy) is 1. The van der Waals surface area contributed by atoms with Crippen LogP contribution in [0.5, 0.6) is 5.88 Å². The normalized spacial score (nSPS) is 14.9. The Hall–Kier alpha value is -2.81. The maximum atomic E-state index is 13.1. The molecule has 1 aliphatic rings. The minimum Gasteiger partial charge on any atom is -0.480 e. The van der Waals surface area contributed by atoms with E-state index in [0.717, 1.165) is 42.6 Å². The number of piperidine rings is 1. The topological polar surface area (TPSA) is 131 Å². The first-order chi connectivity index (χ1) is 15.9. The molecule has 3 aromatic heterocycles. The number of methoxy groups -OCH3 is 1. The summed E-state index contributed by atoms with van der Waals surface area (Å²) in [6, 6.07) is 3.53. The predicted octanol–water partition coefficient (Wildman–Crippen LogP) is 2.49. The molecule has 0 aliphatic carbocycles. The molecule has 4 rings (SSSR count). The molecule has 0 spiro atoms. The van der Waals surface area contributed by atoms with E-state index in [2.05, 4.69) is 15.0 Å². The standard InChI is InChI=1S/C22H27N4O6P/c1-14-9-17(32-13-14)11-19(27)26-22(28)20-16(12-23-26)10-18(24-21(20)31-2)25-6-3-15(4-7-25)5-8-33(29)30/h9-10,12-13,15,29-30H,3-8,11H2,1-2H3. The molecule has 0 bridgehead atoms. The van der Waals surface area contributed by atoms with Crippen molar-refractivity contribution in [2.24, 2.45) is 5.92 Å². The Labute approximate surface area is 191 Å². The second-order valence-corrected chi connectivity index (χ2v) is 9.48. The van der Waals surface area contributed by atoms with E-state index in [9.17, 15) is 9.59 Å². The van der Waals surface area contributed by atoms with Crippen molar-refractivity contribution in [1.82, 2.24) is 14.8 Å². The van der Waals surface area contributed by atoms with Crippen molar-refractivity contribution in [2.75, 3.05) is 31.3 Å². The number of carbonyl (C=O) groups excluding carboxylic acids is 1. The van der Waals surface area contributed by atoms with E-state index in [1.54, 1.807) is 18.4 Å². The fourth-order valence-electron chi connectivity index (χ4n) is 4.17. The van der Waals surface area contributed by atoms with Crippen LogP contribution >= 0.6 is 8.38 Å². The summed E-state index contributed by atoms with van der Waals surface area (Å²) >= 11 is 0. The number of fused-ring (bicyclic) bond motifs is 1. The number of pyridine rings is 1. The first-order valence-corrected chi connectivity index (χ1v) is 12.2. The van der Waals surface area contributed by atoms with E-state index in [-0.39, 0.29) is 17.7 Å². The van der Waals surface area contributed by atoms with Crippen LogP contribution in [0.15, 0.2) is 33.8 Å². The van der Waals surface area contributed by atoms with Gasteiger partial charge in [0.2, 0.25) is 5.88 Å². The van der Waals surface area contributed by atoms with Crippen LogP contribution in [0.1, 0.15) is 35.4 Å². The van der Waals surface area contributed by atoms with Gasteiger partial charge in [-0.05, 0) is 49.8 Å². The second-order valence-electron chi connectivity index (χ2n) is 8.29. The summed E-state index contributed by atoms with van der Waals surface area (Å²) < 4.78 is 11.6. The highest BCUT2D eigenvalue weighted by Gasteiger charge is 2.23. The summed E-state index contributed by atoms with van der Waals surface area (Å²) in [5, 5.41) is 4.84. The van der Waals surface area contributed by atoms with Gasteiger partial charge in [-0.3, -0.25) is 9.59 Å². The number of anilines is 1. The summed E-state index contributed by atoms with van der Waals surface area (Å²) in [7, 11) is -0.399. The van der Waals surface area contributed by atoms with Gasteiger partial charge in [-0.15, -0.1) is 0 Å². The average molecular weight is 474 g/mol. The Balaban J connectivity index is 1.57. The van der Waals surface area contributed by atoms with Gasteiger partial charge < -0.3 is 23.8 Å². The number of carbonyl (C=O) groups is 1. The van der Waals surface area contributed by atoms with Crippen LogP contribution in [-0.4, -0.2) is 56.8 Å². The third-order valence-electron chi connectivity index (χ3n) is 5.94. The number of rotatable bonds is 7. The molecule has 10 nitrogen and oxygen atoms in total. The van der Waals surface area contributed by atoms with Crippen LogP contribution < -0.4 is 15.2 Å². The van der Waals surface area contributed by atoms with Crippen molar-refractivity contribution in [1.29, 1.82) is 0 Å². The van der Waals surface area contributed by atoms with Crippen LogP contribution in [0.4, 0.5) is 5.82 Å². The first kappa shape index (κ1) is 23.4. The maximum absolute atomic E-state index is 13.1. The third kappa shape index (κ3) is 5.24. The highest BCUT2D eigenvalue weighted by molar-refractivity contribution is 7.45. The highest BCUT2D eigenvalue weighted by Crippen LogP contribution is 2.32. The molecular weight excluding hydrogens is 447 g/mol. The van der Waals surface area contributed by atoms with Crippen molar-refractivity contribution in [3.63, 3.8) is 0 Å². The van der Waals surface area contributed by atoms with Gasteiger partial charge in [0, 0.05) is 24.6 Å². The van der Waals surface area contributed by atoms with Gasteiger partial charge in [-0.2, -0.15) is 14.8 Å². The predicted molar refractivity (Wildman–Crippen MR) is 124 cm³/mol. The van der Waals surface area contributed by atoms with Crippen molar-refractivity contribution < 1.29 is 23.7 Å². The van der Waals surface area contributed by atoms with Crippen molar-refractivity contribution in [2.45, 2.75) is 32.6 Å². The summed E-state index contributed by atoms with van der Waals surface area (Å²) in [6.45, 7) is 3.40. The van der Waals surface area contributed by atoms with E-state index in [0.29, 0.717) is 29.0 Å². The molecule has 0 radical (unpaired) electrons. The van der Waals surface area contributed by atoms with Crippen molar-refractivity contribution in [3.8, 4) is 5.88 Å². The molecule has 11 heteroatoms. The Kier molecular flexibility index (Phi) is 7.07. The van der Waals surface area contributed by atoms with Crippen LogP contribution in [-0.2, 0) is 6.42 Å². The summed E-state index contributed by atoms with van der Waals surface area (Å²) in [4.78, 5) is 50.7. The molecule has 4 heterocycles. The molecule has 176 valence electrons. The third-order valence-corrected chi connectivity index (χ3v) is 6.60. The van der Waals surface area contributed by atoms with Gasteiger partial charge in [0.15, 0.2) is 8.38 Å². The van der Waals surface area contributed by atoms with Gasteiger partial charge in [-0.25, -0.2) is 0 Å². The Morgan fingerprint density at radius 2 is 2.06 bits per heavy atom. The van der Waals surface area contributed by atoms with E-state index < -0.39 is 19.8 Å². The average Bonchev–Trinajstić information content (AvgIpc) is 3.21. The van der Waals surface area contributed by atoms with Gasteiger partial charge in [-0.1, -0.05) is 0 Å². The summed E-state index contributed by atoms with van der Waals surface area (Å²) in [5.41, 5.74) is 0.311. The second kappa shape index (κ2) is 9.99. The van der Waals surface area contributed by atoms with Crippen LogP contribution in [0.25, 0.3) is 10.8 Å². The minimum atomic E-state index is -1.84. The molecule has 0 atom stereocenters. The largest absolute Gasteiger partial charge is 0.480 e. The monoisotopic (exact) mass is 474 g/mol. The van der Waals surface area contributed by atoms with Crippen molar-refractivity contribution >= 4 is 30.9 Å². The molecule has 1 fully saturated rings. The Bertz CT molecular complexity index is 1200. The fraction of sp³-hybridized carbons (Fsp3) is 0.455.